The predicted molar refractivity (Wildman–Crippen MR) is 44.0 cm³/mol. The van der Waals surface area contributed by atoms with Crippen molar-refractivity contribution in [2.45, 2.75) is 37.2 Å². The average Bonchev–Trinajstić information content (AvgIpc) is 2.46. The second-order valence-electron chi connectivity index (χ2n) is 3.67. The molecule has 80 valence electrons. The van der Waals surface area contributed by atoms with E-state index in [0.717, 1.165) is 0 Å². The Kier molecular flexibility index (Phi) is 1.91. The molecule has 0 aromatic heterocycles. The van der Waals surface area contributed by atoms with E-state index in [4.69, 9.17) is 5.11 Å². The molecule has 0 amide bonds. The third-order valence-corrected chi connectivity index (χ3v) is 5.62. The number of esters is 1. The van der Waals surface area contributed by atoms with Crippen molar-refractivity contribution in [2.24, 2.45) is 0 Å². The molecule has 4 unspecified atom stereocenters. The topological polar surface area (TPSA) is 55.8 Å². The van der Waals surface area contributed by atoms with E-state index in [-0.39, 0.29) is 0 Å². The summed E-state index contributed by atoms with van der Waals surface area (Å²) in [7, 11) is -4.22. The van der Waals surface area contributed by atoms with Crippen molar-refractivity contribution in [1.82, 2.24) is 0 Å². The summed E-state index contributed by atoms with van der Waals surface area (Å²) in [5.41, 5.74) is -1.06. The van der Waals surface area contributed by atoms with Crippen molar-refractivity contribution in [1.29, 1.82) is 0 Å². The van der Waals surface area contributed by atoms with Crippen LogP contribution in [0.3, 0.4) is 0 Å². The number of halogens is 2. The Hall–Kier alpha value is -0.320. The van der Waals surface area contributed by atoms with Gasteiger partial charge in [0.2, 0.25) is 5.66 Å². The fourth-order valence-electron chi connectivity index (χ4n) is 1.90. The highest BCUT2D eigenvalue weighted by molar-refractivity contribution is 7.76. The van der Waals surface area contributed by atoms with Gasteiger partial charge in [-0.3, -0.25) is 4.74 Å². The number of rotatable bonds is 0. The fourth-order valence-corrected chi connectivity index (χ4v) is 4.21. The lowest BCUT2D eigenvalue weighted by Crippen LogP contribution is -2.28. The highest BCUT2D eigenvalue weighted by Crippen LogP contribution is 2.95. The van der Waals surface area contributed by atoms with E-state index in [1.807, 2.05) is 0 Å². The van der Waals surface area contributed by atoms with Crippen molar-refractivity contribution in [2.75, 3.05) is 0 Å². The van der Waals surface area contributed by atoms with E-state index in [1.165, 1.54) is 13.8 Å². The first-order valence-corrected chi connectivity index (χ1v) is 5.79. The second-order valence-corrected chi connectivity index (χ2v) is 6.23. The summed E-state index contributed by atoms with van der Waals surface area (Å²) in [5, 5.41) is 7.39. The molecule has 2 fully saturated rings. The Morgan fingerprint density at radius 2 is 2.14 bits per heavy atom. The predicted octanol–water partition coefficient (Wildman–Crippen LogP) is 1.15. The van der Waals surface area contributed by atoms with Gasteiger partial charge in [0.1, 0.15) is 6.10 Å². The maximum atomic E-state index is 13.3. The van der Waals surface area contributed by atoms with Gasteiger partial charge in [-0.1, -0.05) is 0 Å². The molecule has 2 heterocycles. The molecule has 0 aromatic carbocycles. The Labute approximate surface area is 79.8 Å². The second kappa shape index (κ2) is 2.62. The van der Waals surface area contributed by atoms with E-state index in [1.54, 1.807) is 0 Å². The molecule has 4 atom stereocenters. The van der Waals surface area contributed by atoms with Gasteiger partial charge in [0.15, 0.2) is 0 Å². The first-order chi connectivity index (χ1) is 6.30. The zero-order valence-electron chi connectivity index (χ0n) is 7.61. The smallest absolute Gasteiger partial charge is 0.437 e. The lowest BCUT2D eigenvalue weighted by molar-refractivity contribution is -0.185. The molecule has 7 heteroatoms. The summed E-state index contributed by atoms with van der Waals surface area (Å²) >= 11 is 0. The highest BCUT2D eigenvalue weighted by atomic mass is 31.2. The van der Waals surface area contributed by atoms with Gasteiger partial charge in [0.25, 0.3) is 11.6 Å². The van der Waals surface area contributed by atoms with Gasteiger partial charge in [-0.25, -0.2) is 4.79 Å². The summed E-state index contributed by atoms with van der Waals surface area (Å²) in [5.74, 6) is -0.995. The van der Waals surface area contributed by atoms with E-state index < -0.39 is 37.2 Å². The normalized spacial score (nSPS) is 50.4. The number of aliphatic hydroxyl groups excluding tert-OH is 1. The minimum absolute atomic E-state index is 0.895. The van der Waals surface area contributed by atoms with Gasteiger partial charge in [-0.2, -0.15) is 0 Å². The molecule has 14 heavy (non-hydrogen) atoms. The Morgan fingerprint density at radius 3 is 2.71 bits per heavy atom. The maximum absolute atomic E-state index is 13.3. The van der Waals surface area contributed by atoms with Gasteiger partial charge in [0, 0.05) is 6.92 Å². The zero-order valence-corrected chi connectivity index (χ0v) is 8.50. The summed E-state index contributed by atoms with van der Waals surface area (Å²) < 4.78 is 35.9. The molecular weight excluding hydrogens is 217 g/mol. The minimum atomic E-state index is -4.22. The Balaban J connectivity index is 2.29. The minimum Gasteiger partial charge on any atom is -0.454 e. The van der Waals surface area contributed by atoms with E-state index in [2.05, 4.69) is 9.47 Å². The molecule has 2 aliphatic heterocycles. The van der Waals surface area contributed by atoms with Crippen molar-refractivity contribution < 1.29 is 27.8 Å². The third kappa shape index (κ3) is 1.05. The molecule has 0 aromatic rings. The summed E-state index contributed by atoms with van der Waals surface area (Å²) in [6.45, 7) is 2.61. The van der Waals surface area contributed by atoms with E-state index in [0.29, 0.717) is 0 Å². The van der Waals surface area contributed by atoms with E-state index >= 15 is 0 Å². The Morgan fingerprint density at radius 1 is 1.57 bits per heavy atom. The molecule has 2 aliphatic rings. The number of ether oxygens (including phenoxy) is 2. The van der Waals surface area contributed by atoms with Crippen LogP contribution in [0.2, 0.25) is 0 Å². The van der Waals surface area contributed by atoms with Gasteiger partial charge < -0.3 is 9.84 Å². The molecule has 0 spiro atoms. The number of hydrogen-bond donors (Lipinski definition) is 1. The number of fused-ring (bicyclic) bond motifs is 1. The van der Waals surface area contributed by atoms with Crippen molar-refractivity contribution in [3.63, 3.8) is 0 Å². The van der Waals surface area contributed by atoms with Crippen LogP contribution in [0.25, 0.3) is 0 Å². The average molecular weight is 227 g/mol. The fraction of sp³-hybridized carbons (Fsp3) is 0.857. The third-order valence-electron chi connectivity index (χ3n) is 2.72. The van der Waals surface area contributed by atoms with Crippen molar-refractivity contribution in [3.8, 4) is 0 Å². The lowest BCUT2D eigenvalue weighted by atomic mass is 10.2. The van der Waals surface area contributed by atoms with Crippen LogP contribution in [0, 0.1) is 0 Å². The number of cyclic esters (lactones) is 1. The summed E-state index contributed by atoms with van der Waals surface area (Å²) in [6.07, 6.45) is -2.78. The van der Waals surface area contributed by atoms with Gasteiger partial charge in [0.05, 0.1) is 0 Å². The van der Waals surface area contributed by atoms with Crippen LogP contribution in [0.1, 0.15) is 13.8 Å². The van der Waals surface area contributed by atoms with Crippen molar-refractivity contribution >= 4 is 13.9 Å². The van der Waals surface area contributed by atoms with Crippen LogP contribution in [0.15, 0.2) is 0 Å². The first kappa shape index (κ1) is 10.2. The van der Waals surface area contributed by atoms with Crippen LogP contribution in [0.4, 0.5) is 8.39 Å². The number of carbonyl (C=O) groups is 1. The summed E-state index contributed by atoms with van der Waals surface area (Å²) in [4.78, 5) is 10.9. The molecule has 0 aliphatic carbocycles. The Bertz CT molecular complexity index is 297. The van der Waals surface area contributed by atoms with Gasteiger partial charge in [-0.05, 0) is 15.3 Å². The standard InChI is InChI=1S/C7H10F2O4P/c1-3-4-7(2,14(4,8)9)13-6(11)5(10)12-3/h3-4,6,11H,1-2H3/q+1. The largest absolute Gasteiger partial charge is 0.454 e. The van der Waals surface area contributed by atoms with Crippen molar-refractivity contribution in [3.05, 3.63) is 0 Å². The van der Waals surface area contributed by atoms with Crippen LogP contribution in [0.5, 0.6) is 0 Å². The van der Waals surface area contributed by atoms with Crippen LogP contribution in [-0.4, -0.2) is 34.5 Å². The monoisotopic (exact) mass is 227 g/mol. The molecule has 4 nitrogen and oxygen atoms in total. The molecule has 1 N–H and O–H groups in total. The van der Waals surface area contributed by atoms with Crippen LogP contribution in [-0.2, 0) is 14.3 Å². The molecule has 2 saturated heterocycles. The van der Waals surface area contributed by atoms with E-state index in [9.17, 15) is 13.2 Å². The quantitative estimate of drug-likeness (QED) is 0.498. The number of hydrogen-bond acceptors (Lipinski definition) is 4. The zero-order chi connectivity index (χ0) is 10.7. The van der Waals surface area contributed by atoms with Crippen LogP contribution >= 0.6 is 7.88 Å². The lowest BCUT2D eigenvalue weighted by Gasteiger charge is -2.10. The van der Waals surface area contributed by atoms with Crippen LogP contribution < -0.4 is 0 Å². The molecular formula is C7H10F2O4P+. The maximum Gasteiger partial charge on any atom is 0.437 e. The SMILES string of the molecule is CC1OC(=O)C(O)OC2(C)C1[P+]2(F)F. The summed E-state index contributed by atoms with van der Waals surface area (Å²) in [6, 6.07) is 0. The highest BCUT2D eigenvalue weighted by Gasteiger charge is 2.96. The first-order valence-electron chi connectivity index (χ1n) is 4.15. The molecule has 0 bridgehead atoms. The number of aliphatic hydroxyl groups is 1. The molecule has 2 rings (SSSR count). The molecule has 0 radical (unpaired) electrons. The molecule has 0 saturated carbocycles. The van der Waals surface area contributed by atoms with Gasteiger partial charge >= 0.3 is 13.9 Å². The number of carbonyl (C=O) groups excluding carboxylic acids is 1. The van der Waals surface area contributed by atoms with Gasteiger partial charge in [-0.15, -0.1) is 0 Å².